The molecule has 2 unspecified atom stereocenters. The van der Waals surface area contributed by atoms with Crippen LogP contribution in [0.25, 0.3) is 32.9 Å². The average molecular weight is 612 g/mol. The van der Waals surface area contributed by atoms with E-state index in [0.29, 0.717) is 40.7 Å². The van der Waals surface area contributed by atoms with E-state index in [9.17, 15) is 9.50 Å². The standard InChI is InChI=1S/C36H39F2N5O2/c1-4-15-36(16-9-17-42(36)3)21-45-35-40-33-30-28(14-12-23-10-7-6-8-18-43(23)34(30)41-35)39-32(31(33)38)26-20-24(44)19-22-11-13-27(37)25(5-2)29(22)26/h2,11,13,19-20,23,44H,4,6-10,12,14-18,21H2,1,3H3. The number of terminal acetylenes is 1. The van der Waals surface area contributed by atoms with Crippen LogP contribution in [-0.2, 0) is 6.42 Å². The normalized spacial score (nSPS) is 21.8. The number of halogens is 2. The van der Waals surface area contributed by atoms with Gasteiger partial charge in [-0.25, -0.2) is 13.8 Å². The van der Waals surface area contributed by atoms with E-state index in [0.717, 1.165) is 70.9 Å². The summed E-state index contributed by atoms with van der Waals surface area (Å²) in [6, 6.07) is 6.08. The van der Waals surface area contributed by atoms with Crippen LogP contribution < -0.4 is 9.64 Å². The van der Waals surface area contributed by atoms with Gasteiger partial charge in [-0.2, -0.15) is 9.97 Å². The number of aromatic hydroxyl groups is 1. The van der Waals surface area contributed by atoms with E-state index in [2.05, 4.69) is 29.7 Å². The molecule has 2 aromatic carbocycles. The molecule has 0 bridgehead atoms. The Balaban J connectivity index is 1.45. The second-order valence-corrected chi connectivity index (χ2v) is 13.0. The summed E-state index contributed by atoms with van der Waals surface area (Å²) in [4.78, 5) is 19.3. The summed E-state index contributed by atoms with van der Waals surface area (Å²) in [5.74, 6) is 1.74. The zero-order valence-electron chi connectivity index (χ0n) is 26.0. The molecule has 2 fully saturated rings. The van der Waals surface area contributed by atoms with Crippen molar-refractivity contribution in [2.24, 2.45) is 0 Å². The van der Waals surface area contributed by atoms with Gasteiger partial charge < -0.3 is 14.7 Å². The highest BCUT2D eigenvalue weighted by atomic mass is 19.1. The number of nitrogens with zero attached hydrogens (tertiary/aromatic N) is 5. The Bertz CT molecular complexity index is 1840. The van der Waals surface area contributed by atoms with Crippen LogP contribution in [0.3, 0.4) is 0 Å². The Kier molecular flexibility index (Phi) is 7.73. The molecular formula is C36H39F2N5O2. The quantitative estimate of drug-likeness (QED) is 0.232. The maximum atomic E-state index is 17.0. The first-order chi connectivity index (χ1) is 21.8. The minimum atomic E-state index is -0.670. The van der Waals surface area contributed by atoms with Crippen LogP contribution in [0, 0.1) is 24.0 Å². The summed E-state index contributed by atoms with van der Waals surface area (Å²) in [5, 5.41) is 12.1. The predicted molar refractivity (Wildman–Crippen MR) is 173 cm³/mol. The lowest BCUT2D eigenvalue weighted by molar-refractivity contribution is 0.0828. The van der Waals surface area contributed by atoms with E-state index in [1.807, 2.05) is 0 Å². The Labute approximate surface area is 262 Å². The third-order valence-corrected chi connectivity index (χ3v) is 10.3. The lowest BCUT2D eigenvalue weighted by atomic mass is 9.92. The molecule has 234 valence electrons. The fraction of sp³-hybridized carbons (Fsp3) is 0.472. The summed E-state index contributed by atoms with van der Waals surface area (Å²) in [6.07, 6.45) is 15.7. The van der Waals surface area contributed by atoms with Gasteiger partial charge in [0.2, 0.25) is 0 Å². The van der Waals surface area contributed by atoms with Crippen LogP contribution in [0.2, 0.25) is 0 Å². The van der Waals surface area contributed by atoms with Crippen LogP contribution in [0.5, 0.6) is 11.8 Å². The Morgan fingerprint density at radius 1 is 1.07 bits per heavy atom. The number of ether oxygens (including phenoxy) is 1. The Morgan fingerprint density at radius 3 is 2.71 bits per heavy atom. The molecule has 0 spiro atoms. The van der Waals surface area contributed by atoms with Crippen molar-refractivity contribution in [1.29, 1.82) is 0 Å². The predicted octanol–water partition coefficient (Wildman–Crippen LogP) is 7.15. The molecule has 2 saturated heterocycles. The molecule has 9 heteroatoms. The second-order valence-electron chi connectivity index (χ2n) is 13.0. The zero-order chi connectivity index (χ0) is 31.3. The van der Waals surface area contributed by atoms with Gasteiger partial charge in [-0.05, 0) is 82.1 Å². The van der Waals surface area contributed by atoms with Crippen molar-refractivity contribution >= 4 is 27.5 Å². The second kappa shape index (κ2) is 11.7. The number of hydrogen-bond acceptors (Lipinski definition) is 7. The third-order valence-electron chi connectivity index (χ3n) is 10.3. The highest BCUT2D eigenvalue weighted by Crippen LogP contribution is 2.43. The SMILES string of the molecule is C#Cc1c(F)ccc2cc(O)cc(-c3nc4c5c(nc(OCC6(CCC)CCCN6C)nc5c3F)N3CCCCCC3CC4)c12. The minimum Gasteiger partial charge on any atom is -0.508 e. The monoisotopic (exact) mass is 611 g/mol. The highest BCUT2D eigenvalue weighted by Gasteiger charge is 2.39. The van der Waals surface area contributed by atoms with E-state index >= 15 is 4.39 Å². The number of fused-ring (bicyclic) bond motifs is 3. The van der Waals surface area contributed by atoms with Gasteiger partial charge in [0.15, 0.2) is 5.82 Å². The summed E-state index contributed by atoms with van der Waals surface area (Å²) in [7, 11) is 2.14. The van der Waals surface area contributed by atoms with Crippen LogP contribution in [-0.4, -0.2) is 63.3 Å². The van der Waals surface area contributed by atoms with Crippen molar-refractivity contribution in [3.05, 3.63) is 47.2 Å². The van der Waals surface area contributed by atoms with Gasteiger partial charge in [0.05, 0.1) is 22.2 Å². The molecule has 0 saturated carbocycles. The van der Waals surface area contributed by atoms with Gasteiger partial charge in [0.1, 0.15) is 35.2 Å². The largest absolute Gasteiger partial charge is 0.508 e. The van der Waals surface area contributed by atoms with Crippen LogP contribution in [0.4, 0.5) is 14.6 Å². The lowest BCUT2D eigenvalue weighted by Crippen LogP contribution is -2.46. The summed E-state index contributed by atoms with van der Waals surface area (Å²) in [5.41, 5.74) is 0.895. The smallest absolute Gasteiger partial charge is 0.319 e. The molecule has 0 aliphatic carbocycles. The lowest BCUT2D eigenvalue weighted by Gasteiger charge is -2.35. The van der Waals surface area contributed by atoms with E-state index in [1.54, 1.807) is 0 Å². The summed E-state index contributed by atoms with van der Waals surface area (Å²) >= 11 is 0. The molecule has 3 aliphatic heterocycles. The van der Waals surface area contributed by atoms with E-state index in [1.165, 1.54) is 24.3 Å². The maximum Gasteiger partial charge on any atom is 0.319 e. The number of aromatic nitrogens is 3. The maximum absolute atomic E-state index is 17.0. The number of phenolic OH excluding ortho intramolecular Hbond substituents is 1. The highest BCUT2D eigenvalue weighted by molar-refractivity contribution is 6.03. The topological polar surface area (TPSA) is 74.6 Å². The van der Waals surface area contributed by atoms with Gasteiger partial charge in [-0.15, -0.1) is 6.42 Å². The van der Waals surface area contributed by atoms with Gasteiger partial charge in [0, 0.05) is 23.5 Å². The van der Waals surface area contributed by atoms with Crippen molar-refractivity contribution < 1.29 is 18.6 Å². The first-order valence-electron chi connectivity index (χ1n) is 16.3. The number of hydrogen-bond donors (Lipinski definition) is 1. The number of pyridine rings is 1. The molecule has 2 aromatic heterocycles. The van der Waals surface area contributed by atoms with Crippen LogP contribution in [0.1, 0.15) is 76.0 Å². The fourth-order valence-corrected chi connectivity index (χ4v) is 7.96. The van der Waals surface area contributed by atoms with Crippen LogP contribution >= 0.6 is 0 Å². The number of rotatable bonds is 6. The molecule has 1 N–H and O–H groups in total. The first kappa shape index (κ1) is 29.7. The van der Waals surface area contributed by atoms with E-state index in [-0.39, 0.29) is 45.7 Å². The molecule has 0 amide bonds. The fourth-order valence-electron chi connectivity index (χ4n) is 7.96. The molecule has 7 rings (SSSR count). The van der Waals surface area contributed by atoms with Crippen molar-refractivity contribution in [2.75, 3.05) is 31.6 Å². The number of anilines is 1. The number of aryl methyl sites for hydroxylation is 1. The van der Waals surface area contributed by atoms with Gasteiger partial charge in [-0.1, -0.05) is 38.2 Å². The van der Waals surface area contributed by atoms with Crippen molar-refractivity contribution in [3.8, 4) is 35.4 Å². The molecule has 5 heterocycles. The number of phenols is 1. The Hall–Kier alpha value is -4.03. The molecule has 0 radical (unpaired) electrons. The molecule has 3 aliphatic rings. The van der Waals surface area contributed by atoms with Crippen molar-refractivity contribution in [2.45, 2.75) is 82.7 Å². The Morgan fingerprint density at radius 2 is 1.93 bits per heavy atom. The van der Waals surface area contributed by atoms with Crippen molar-refractivity contribution in [3.63, 3.8) is 0 Å². The zero-order valence-corrected chi connectivity index (χ0v) is 26.0. The molecule has 45 heavy (non-hydrogen) atoms. The number of benzene rings is 2. The van der Waals surface area contributed by atoms with Gasteiger partial charge in [0.25, 0.3) is 0 Å². The summed E-state index contributed by atoms with van der Waals surface area (Å²) < 4.78 is 38.4. The average Bonchev–Trinajstić information content (AvgIpc) is 3.17. The van der Waals surface area contributed by atoms with E-state index in [4.69, 9.17) is 26.1 Å². The third kappa shape index (κ3) is 5.04. The molecular weight excluding hydrogens is 572 g/mol. The van der Waals surface area contributed by atoms with Gasteiger partial charge >= 0.3 is 6.01 Å². The number of likely N-dealkylation sites (N-methyl/N-ethyl adjacent to an activating group) is 1. The minimum absolute atomic E-state index is 0.00246. The molecule has 2 atom stereocenters. The molecule has 7 nitrogen and oxygen atoms in total. The van der Waals surface area contributed by atoms with Gasteiger partial charge in [-0.3, -0.25) is 4.90 Å². The number of likely N-dealkylation sites (tertiary alicyclic amines) is 1. The molecule has 4 aromatic rings. The van der Waals surface area contributed by atoms with E-state index < -0.39 is 11.6 Å². The summed E-state index contributed by atoms with van der Waals surface area (Å²) in [6.45, 7) is 4.43. The van der Waals surface area contributed by atoms with Crippen molar-refractivity contribution in [1.82, 2.24) is 19.9 Å². The first-order valence-corrected chi connectivity index (χ1v) is 16.3. The van der Waals surface area contributed by atoms with Crippen LogP contribution in [0.15, 0.2) is 24.3 Å².